The number of carbonyl (C=O) groups is 1. The molecule has 1 aliphatic carbocycles. The Hall–Kier alpha value is -1.95. The highest BCUT2D eigenvalue weighted by molar-refractivity contribution is 7.13. The second kappa shape index (κ2) is 5.58. The number of hydrogen-bond acceptors (Lipinski definition) is 5. The molecule has 1 fully saturated rings. The molecular formula is C14H15N3O2S. The number of aromatic carboxylic acids is 1. The van der Waals surface area contributed by atoms with Gasteiger partial charge in [-0.25, -0.2) is 14.8 Å². The summed E-state index contributed by atoms with van der Waals surface area (Å²) in [6.07, 6.45) is 4.65. The molecule has 0 radical (unpaired) electrons. The number of thiophene rings is 1. The van der Waals surface area contributed by atoms with Gasteiger partial charge in [0.25, 0.3) is 0 Å². The average Bonchev–Trinajstić information content (AvgIpc) is 3.11. The van der Waals surface area contributed by atoms with Crippen LogP contribution in [0.4, 0.5) is 5.82 Å². The molecule has 0 saturated heterocycles. The average molecular weight is 289 g/mol. The minimum atomic E-state index is -1.03. The Bertz CT molecular complexity index is 607. The summed E-state index contributed by atoms with van der Waals surface area (Å²) in [6.45, 7) is 0. The van der Waals surface area contributed by atoms with Gasteiger partial charge >= 0.3 is 5.97 Å². The Morgan fingerprint density at radius 3 is 2.80 bits per heavy atom. The minimum absolute atomic E-state index is 0.0314. The van der Waals surface area contributed by atoms with Crippen molar-refractivity contribution < 1.29 is 9.90 Å². The first-order chi connectivity index (χ1) is 9.72. The standard InChI is InChI=1S/C14H15N3O2S/c18-14(19)10-8-12(15-9-4-1-2-5-9)17-13(16-10)11-6-3-7-20-11/h3,6-9H,1-2,4-5H2,(H,18,19)(H,15,16,17). The van der Waals surface area contributed by atoms with Crippen LogP contribution in [0.15, 0.2) is 23.6 Å². The van der Waals surface area contributed by atoms with Gasteiger partial charge in [0.1, 0.15) is 5.82 Å². The summed E-state index contributed by atoms with van der Waals surface area (Å²) >= 11 is 1.50. The van der Waals surface area contributed by atoms with Crippen molar-refractivity contribution in [2.24, 2.45) is 0 Å². The number of rotatable bonds is 4. The van der Waals surface area contributed by atoms with Crippen molar-refractivity contribution in [3.05, 3.63) is 29.3 Å². The zero-order chi connectivity index (χ0) is 13.9. The predicted molar refractivity (Wildman–Crippen MR) is 78.2 cm³/mol. The lowest BCUT2D eigenvalue weighted by atomic mass is 10.2. The number of carboxylic acid groups (broad SMARTS) is 1. The molecule has 2 heterocycles. The molecule has 2 aromatic heterocycles. The van der Waals surface area contributed by atoms with Crippen LogP contribution in [0, 0.1) is 0 Å². The molecule has 2 aromatic rings. The van der Waals surface area contributed by atoms with Gasteiger partial charge in [0.2, 0.25) is 0 Å². The number of anilines is 1. The molecule has 1 saturated carbocycles. The number of hydrogen-bond donors (Lipinski definition) is 2. The molecule has 0 aliphatic heterocycles. The van der Waals surface area contributed by atoms with Crippen molar-refractivity contribution in [1.82, 2.24) is 9.97 Å². The third-order valence-electron chi connectivity index (χ3n) is 3.39. The van der Waals surface area contributed by atoms with Crippen molar-refractivity contribution in [3.63, 3.8) is 0 Å². The van der Waals surface area contributed by atoms with Crippen LogP contribution in [0.3, 0.4) is 0 Å². The van der Waals surface area contributed by atoms with E-state index >= 15 is 0 Å². The fourth-order valence-electron chi connectivity index (χ4n) is 2.43. The van der Waals surface area contributed by atoms with Crippen molar-refractivity contribution >= 4 is 23.1 Å². The highest BCUT2D eigenvalue weighted by Crippen LogP contribution is 2.25. The first-order valence-electron chi connectivity index (χ1n) is 6.65. The molecule has 2 N–H and O–H groups in total. The summed E-state index contributed by atoms with van der Waals surface area (Å²) in [4.78, 5) is 20.6. The highest BCUT2D eigenvalue weighted by atomic mass is 32.1. The maximum Gasteiger partial charge on any atom is 0.354 e. The Kier molecular flexibility index (Phi) is 3.64. The second-order valence-electron chi connectivity index (χ2n) is 4.87. The molecule has 6 heteroatoms. The maximum absolute atomic E-state index is 11.2. The van der Waals surface area contributed by atoms with E-state index in [0.29, 0.717) is 17.7 Å². The summed E-state index contributed by atoms with van der Waals surface area (Å²) in [5.74, 6) is 0.0489. The SMILES string of the molecule is O=C(O)c1cc(NC2CCCC2)nc(-c2cccs2)n1. The van der Waals surface area contributed by atoms with Crippen LogP contribution in [0.25, 0.3) is 10.7 Å². The van der Waals surface area contributed by atoms with Crippen molar-refractivity contribution in [1.29, 1.82) is 0 Å². The molecule has 0 bridgehead atoms. The van der Waals surface area contributed by atoms with Gasteiger partial charge in [-0.15, -0.1) is 11.3 Å². The fraction of sp³-hybridized carbons (Fsp3) is 0.357. The lowest BCUT2D eigenvalue weighted by molar-refractivity contribution is 0.0690. The molecule has 104 valence electrons. The van der Waals surface area contributed by atoms with Crippen molar-refractivity contribution in [2.45, 2.75) is 31.7 Å². The first-order valence-corrected chi connectivity index (χ1v) is 7.53. The van der Waals surface area contributed by atoms with E-state index < -0.39 is 5.97 Å². The zero-order valence-corrected chi connectivity index (χ0v) is 11.7. The summed E-state index contributed by atoms with van der Waals surface area (Å²) < 4.78 is 0. The lowest BCUT2D eigenvalue weighted by Crippen LogP contribution is -2.17. The van der Waals surface area contributed by atoms with E-state index in [1.54, 1.807) is 0 Å². The molecule has 3 rings (SSSR count). The van der Waals surface area contributed by atoms with Crippen LogP contribution in [-0.2, 0) is 0 Å². The van der Waals surface area contributed by atoms with E-state index in [1.807, 2.05) is 17.5 Å². The third kappa shape index (κ3) is 2.80. The van der Waals surface area contributed by atoms with Gasteiger partial charge in [-0.1, -0.05) is 18.9 Å². The molecule has 0 unspecified atom stereocenters. The Balaban J connectivity index is 1.94. The summed E-state index contributed by atoms with van der Waals surface area (Å²) in [6, 6.07) is 5.70. The van der Waals surface area contributed by atoms with E-state index in [9.17, 15) is 9.90 Å². The molecule has 20 heavy (non-hydrogen) atoms. The van der Waals surface area contributed by atoms with E-state index in [4.69, 9.17) is 0 Å². The molecular weight excluding hydrogens is 274 g/mol. The van der Waals surface area contributed by atoms with Crippen LogP contribution in [0.1, 0.15) is 36.2 Å². The van der Waals surface area contributed by atoms with Gasteiger partial charge in [0.15, 0.2) is 11.5 Å². The second-order valence-corrected chi connectivity index (χ2v) is 5.82. The Labute approximate surface area is 120 Å². The topological polar surface area (TPSA) is 75.1 Å². The quantitative estimate of drug-likeness (QED) is 0.903. The molecule has 0 atom stereocenters. The fourth-order valence-corrected chi connectivity index (χ4v) is 3.08. The van der Waals surface area contributed by atoms with E-state index in [1.165, 1.54) is 30.2 Å². The minimum Gasteiger partial charge on any atom is -0.477 e. The van der Waals surface area contributed by atoms with Gasteiger partial charge in [0, 0.05) is 12.1 Å². The molecule has 0 spiro atoms. The maximum atomic E-state index is 11.2. The van der Waals surface area contributed by atoms with Crippen LogP contribution < -0.4 is 5.32 Å². The third-order valence-corrected chi connectivity index (χ3v) is 4.26. The zero-order valence-electron chi connectivity index (χ0n) is 10.9. The van der Waals surface area contributed by atoms with Crippen LogP contribution in [0.5, 0.6) is 0 Å². The Morgan fingerprint density at radius 1 is 1.35 bits per heavy atom. The van der Waals surface area contributed by atoms with Gasteiger partial charge in [-0.2, -0.15) is 0 Å². The monoisotopic (exact) mass is 289 g/mol. The Morgan fingerprint density at radius 2 is 2.15 bits per heavy atom. The van der Waals surface area contributed by atoms with Gasteiger partial charge in [-0.3, -0.25) is 0 Å². The smallest absolute Gasteiger partial charge is 0.354 e. The first kappa shape index (κ1) is 13.1. The summed E-state index contributed by atoms with van der Waals surface area (Å²) in [7, 11) is 0. The molecule has 0 amide bonds. The van der Waals surface area contributed by atoms with Crippen LogP contribution in [-0.4, -0.2) is 27.1 Å². The van der Waals surface area contributed by atoms with Gasteiger partial charge in [-0.05, 0) is 24.3 Å². The normalized spacial score (nSPS) is 15.4. The summed E-state index contributed by atoms with van der Waals surface area (Å²) in [5, 5.41) is 14.4. The van der Waals surface area contributed by atoms with Gasteiger partial charge in [0.05, 0.1) is 4.88 Å². The lowest BCUT2D eigenvalue weighted by Gasteiger charge is -2.13. The largest absolute Gasteiger partial charge is 0.477 e. The van der Waals surface area contributed by atoms with E-state index in [0.717, 1.165) is 17.7 Å². The van der Waals surface area contributed by atoms with E-state index in [2.05, 4.69) is 15.3 Å². The summed E-state index contributed by atoms with van der Waals surface area (Å²) in [5.41, 5.74) is 0.0314. The van der Waals surface area contributed by atoms with Crippen molar-refractivity contribution in [2.75, 3.05) is 5.32 Å². The van der Waals surface area contributed by atoms with Crippen LogP contribution in [0.2, 0.25) is 0 Å². The molecule has 0 aromatic carbocycles. The number of nitrogens with zero attached hydrogens (tertiary/aromatic N) is 2. The molecule has 5 nitrogen and oxygen atoms in total. The van der Waals surface area contributed by atoms with Crippen molar-refractivity contribution in [3.8, 4) is 10.7 Å². The number of nitrogens with one attached hydrogen (secondary N) is 1. The number of aromatic nitrogens is 2. The van der Waals surface area contributed by atoms with E-state index in [-0.39, 0.29) is 5.69 Å². The highest BCUT2D eigenvalue weighted by Gasteiger charge is 2.18. The number of carboxylic acids is 1. The van der Waals surface area contributed by atoms with Crippen LogP contribution >= 0.6 is 11.3 Å². The van der Waals surface area contributed by atoms with Gasteiger partial charge < -0.3 is 10.4 Å². The predicted octanol–water partition coefficient (Wildman–Crippen LogP) is 3.26. The molecule has 1 aliphatic rings.